The highest BCUT2D eigenvalue weighted by Gasteiger charge is 2.03. The van der Waals surface area contributed by atoms with E-state index in [4.69, 9.17) is 14.6 Å². The lowest BCUT2D eigenvalue weighted by molar-refractivity contribution is 0.131. The van der Waals surface area contributed by atoms with Gasteiger partial charge in [0.2, 0.25) is 0 Å². The molecule has 0 aliphatic rings. The Morgan fingerprint density at radius 1 is 1.33 bits per heavy atom. The van der Waals surface area contributed by atoms with Gasteiger partial charge in [-0.25, -0.2) is 4.79 Å². The molecule has 0 aliphatic heterocycles. The van der Waals surface area contributed by atoms with Crippen molar-refractivity contribution in [2.75, 3.05) is 38.9 Å². The number of hydrogen-bond acceptors (Lipinski definition) is 5. The van der Waals surface area contributed by atoms with Gasteiger partial charge in [-0.3, -0.25) is 5.32 Å². The summed E-state index contributed by atoms with van der Waals surface area (Å²) in [5.41, 5.74) is 0.563. The van der Waals surface area contributed by atoms with Crippen LogP contribution in [-0.4, -0.2) is 44.7 Å². The van der Waals surface area contributed by atoms with Crippen LogP contribution in [0.3, 0.4) is 0 Å². The third-order valence-electron chi connectivity index (χ3n) is 1.96. The number of rotatable bonds is 7. The molecule has 0 saturated heterocycles. The highest BCUT2D eigenvalue weighted by Crippen LogP contribution is 2.17. The Bertz CT molecular complexity index is 369. The maximum Gasteiger partial charge on any atom is 0.411 e. The lowest BCUT2D eigenvalue weighted by atomic mass is 10.3. The third-order valence-corrected chi connectivity index (χ3v) is 1.96. The molecule has 1 rings (SSSR count). The Labute approximate surface area is 105 Å². The van der Waals surface area contributed by atoms with Crippen LogP contribution in [0.25, 0.3) is 0 Å². The molecule has 0 spiro atoms. The molecule has 1 aromatic carbocycles. The molecule has 0 bridgehead atoms. The first kappa shape index (κ1) is 14.3. The van der Waals surface area contributed by atoms with Crippen LogP contribution < -0.4 is 10.1 Å². The van der Waals surface area contributed by atoms with Crippen molar-refractivity contribution >= 4 is 11.8 Å². The molecule has 0 aliphatic carbocycles. The van der Waals surface area contributed by atoms with Gasteiger partial charge in [-0.1, -0.05) is 6.07 Å². The first-order valence-corrected chi connectivity index (χ1v) is 5.52. The fraction of sp³-hybridized carbons (Fsp3) is 0.417. The van der Waals surface area contributed by atoms with Crippen molar-refractivity contribution in [2.24, 2.45) is 0 Å². The number of carbonyl (C=O) groups is 1. The molecule has 0 heterocycles. The van der Waals surface area contributed by atoms with E-state index in [0.29, 0.717) is 24.7 Å². The molecular weight excluding hydrogens is 238 g/mol. The molecule has 0 radical (unpaired) electrons. The number of aliphatic hydroxyl groups excluding tert-OH is 1. The van der Waals surface area contributed by atoms with Crippen LogP contribution in [-0.2, 0) is 9.47 Å². The first-order valence-electron chi connectivity index (χ1n) is 5.52. The predicted octanol–water partition coefficient (Wildman–Crippen LogP) is 1.25. The molecule has 6 heteroatoms. The Hall–Kier alpha value is -1.79. The number of methoxy groups -OCH3 is 1. The van der Waals surface area contributed by atoms with Crippen LogP contribution >= 0.6 is 0 Å². The average Bonchev–Trinajstić information content (AvgIpc) is 2.37. The fourth-order valence-corrected chi connectivity index (χ4v) is 1.20. The van der Waals surface area contributed by atoms with E-state index in [1.807, 2.05) is 0 Å². The molecule has 0 saturated carbocycles. The van der Waals surface area contributed by atoms with E-state index in [2.05, 4.69) is 10.1 Å². The van der Waals surface area contributed by atoms with Gasteiger partial charge in [-0.05, 0) is 12.1 Å². The van der Waals surface area contributed by atoms with E-state index in [1.54, 1.807) is 31.4 Å². The number of nitrogens with one attached hydrogen (secondary N) is 1. The number of benzene rings is 1. The van der Waals surface area contributed by atoms with E-state index in [0.717, 1.165) is 0 Å². The van der Waals surface area contributed by atoms with Gasteiger partial charge in [0, 0.05) is 18.9 Å². The van der Waals surface area contributed by atoms with E-state index in [-0.39, 0.29) is 13.2 Å². The van der Waals surface area contributed by atoms with Crippen LogP contribution in [0.2, 0.25) is 0 Å². The van der Waals surface area contributed by atoms with Crippen molar-refractivity contribution in [1.29, 1.82) is 0 Å². The smallest absolute Gasteiger partial charge is 0.411 e. The van der Waals surface area contributed by atoms with Crippen molar-refractivity contribution in [3.8, 4) is 5.75 Å². The van der Waals surface area contributed by atoms with Gasteiger partial charge in [0.25, 0.3) is 0 Å². The molecule has 18 heavy (non-hydrogen) atoms. The van der Waals surface area contributed by atoms with Crippen LogP contribution in [0.4, 0.5) is 10.5 Å². The third kappa shape index (κ3) is 5.51. The standard InChI is InChI=1S/C12H17NO5/c1-16-7-8-17-11-4-2-3-10(9-11)13-12(15)18-6-5-14/h2-4,9,14H,5-8H2,1H3,(H,13,15). The highest BCUT2D eigenvalue weighted by molar-refractivity contribution is 5.84. The zero-order valence-corrected chi connectivity index (χ0v) is 10.2. The van der Waals surface area contributed by atoms with Gasteiger partial charge < -0.3 is 19.3 Å². The highest BCUT2D eigenvalue weighted by atomic mass is 16.6. The SMILES string of the molecule is COCCOc1cccc(NC(=O)OCCO)c1. The number of aliphatic hydroxyl groups is 1. The minimum Gasteiger partial charge on any atom is -0.491 e. The maximum absolute atomic E-state index is 11.2. The molecule has 0 aromatic heterocycles. The number of carbonyl (C=O) groups excluding carboxylic acids is 1. The molecule has 2 N–H and O–H groups in total. The second kappa shape index (κ2) is 8.32. The average molecular weight is 255 g/mol. The molecule has 6 nitrogen and oxygen atoms in total. The topological polar surface area (TPSA) is 77.0 Å². The normalized spacial score (nSPS) is 9.89. The van der Waals surface area contributed by atoms with Crippen LogP contribution in [0.1, 0.15) is 0 Å². The number of ether oxygens (including phenoxy) is 3. The zero-order chi connectivity index (χ0) is 13.2. The van der Waals surface area contributed by atoms with Crippen molar-refractivity contribution in [3.05, 3.63) is 24.3 Å². The van der Waals surface area contributed by atoms with Gasteiger partial charge in [-0.15, -0.1) is 0 Å². The summed E-state index contributed by atoms with van der Waals surface area (Å²) in [6, 6.07) is 6.92. The number of anilines is 1. The lowest BCUT2D eigenvalue weighted by Crippen LogP contribution is -2.15. The van der Waals surface area contributed by atoms with E-state index in [9.17, 15) is 4.79 Å². The second-order valence-corrected chi connectivity index (χ2v) is 3.35. The summed E-state index contributed by atoms with van der Waals surface area (Å²) in [6.07, 6.45) is -0.613. The van der Waals surface area contributed by atoms with Crippen LogP contribution in [0, 0.1) is 0 Å². The van der Waals surface area contributed by atoms with Crippen molar-refractivity contribution in [2.45, 2.75) is 0 Å². The van der Waals surface area contributed by atoms with Crippen molar-refractivity contribution < 1.29 is 24.1 Å². The fourth-order valence-electron chi connectivity index (χ4n) is 1.20. The molecule has 100 valence electrons. The molecule has 0 fully saturated rings. The van der Waals surface area contributed by atoms with Gasteiger partial charge in [0.1, 0.15) is 19.0 Å². The largest absolute Gasteiger partial charge is 0.491 e. The van der Waals surface area contributed by atoms with Gasteiger partial charge in [-0.2, -0.15) is 0 Å². The summed E-state index contributed by atoms with van der Waals surface area (Å²) in [5.74, 6) is 0.631. The lowest BCUT2D eigenvalue weighted by Gasteiger charge is -2.09. The van der Waals surface area contributed by atoms with Crippen LogP contribution in [0.15, 0.2) is 24.3 Å². The summed E-state index contributed by atoms with van der Waals surface area (Å²) in [6.45, 7) is 0.703. The summed E-state index contributed by atoms with van der Waals surface area (Å²) in [7, 11) is 1.60. The van der Waals surface area contributed by atoms with Crippen molar-refractivity contribution in [1.82, 2.24) is 0 Å². The van der Waals surface area contributed by atoms with Gasteiger partial charge in [0.05, 0.1) is 13.2 Å². The minimum absolute atomic E-state index is 0.0319. The van der Waals surface area contributed by atoms with E-state index < -0.39 is 6.09 Å². The van der Waals surface area contributed by atoms with Crippen LogP contribution in [0.5, 0.6) is 5.75 Å². The van der Waals surface area contributed by atoms with Gasteiger partial charge in [0.15, 0.2) is 0 Å². The molecule has 0 atom stereocenters. The molecule has 1 amide bonds. The number of amides is 1. The quantitative estimate of drug-likeness (QED) is 0.717. The first-order chi connectivity index (χ1) is 8.76. The Kier molecular flexibility index (Phi) is 6.60. The second-order valence-electron chi connectivity index (χ2n) is 3.35. The van der Waals surface area contributed by atoms with Gasteiger partial charge >= 0.3 is 6.09 Å². The zero-order valence-electron chi connectivity index (χ0n) is 10.2. The minimum atomic E-state index is -0.613. The molecule has 0 unspecified atom stereocenters. The maximum atomic E-state index is 11.2. The number of hydrogen-bond donors (Lipinski definition) is 2. The van der Waals surface area contributed by atoms with E-state index >= 15 is 0 Å². The summed E-state index contributed by atoms with van der Waals surface area (Å²) < 4.78 is 14.9. The summed E-state index contributed by atoms with van der Waals surface area (Å²) in [4.78, 5) is 11.2. The van der Waals surface area contributed by atoms with E-state index in [1.165, 1.54) is 0 Å². The Morgan fingerprint density at radius 2 is 2.17 bits per heavy atom. The Balaban J connectivity index is 2.45. The predicted molar refractivity (Wildman–Crippen MR) is 65.9 cm³/mol. The monoisotopic (exact) mass is 255 g/mol. The summed E-state index contributed by atoms with van der Waals surface area (Å²) in [5, 5.41) is 11.0. The molecular formula is C12H17NO5. The summed E-state index contributed by atoms with van der Waals surface area (Å²) >= 11 is 0. The van der Waals surface area contributed by atoms with Crippen molar-refractivity contribution in [3.63, 3.8) is 0 Å². The Morgan fingerprint density at radius 3 is 2.89 bits per heavy atom. The molecule has 1 aromatic rings.